The summed E-state index contributed by atoms with van der Waals surface area (Å²) in [6.45, 7) is 5.47. The number of ketones is 2. The van der Waals surface area contributed by atoms with Crippen LogP contribution >= 0.6 is 0 Å². The zero-order chi connectivity index (χ0) is 29.2. The number of rotatable bonds is 8. The van der Waals surface area contributed by atoms with E-state index in [9.17, 15) is 29.0 Å². The second-order valence-corrected chi connectivity index (χ2v) is 11.2. The second kappa shape index (κ2) is 11.6. The van der Waals surface area contributed by atoms with E-state index in [0.29, 0.717) is 17.5 Å². The number of hydrogen-bond acceptors (Lipinski definition) is 6. The maximum Gasteiger partial charge on any atom is 0.228 e. The molecule has 0 spiro atoms. The summed E-state index contributed by atoms with van der Waals surface area (Å²) in [6, 6.07) is 16.4. The average Bonchev–Trinajstić information content (AvgIpc) is 2.92. The minimum absolute atomic E-state index is 0.00572. The number of nitrogens with zero attached hydrogens (tertiary/aromatic N) is 1. The second-order valence-electron chi connectivity index (χ2n) is 11.2. The number of halogens is 1. The van der Waals surface area contributed by atoms with Crippen molar-refractivity contribution in [2.24, 2.45) is 23.0 Å². The molecule has 1 fully saturated rings. The smallest absolute Gasteiger partial charge is 0.228 e. The molecule has 40 heavy (non-hydrogen) atoms. The summed E-state index contributed by atoms with van der Waals surface area (Å²) in [5.41, 5.74) is 6.21. The van der Waals surface area contributed by atoms with E-state index < -0.39 is 29.0 Å². The van der Waals surface area contributed by atoms with Gasteiger partial charge in [-0.1, -0.05) is 50.2 Å². The van der Waals surface area contributed by atoms with Gasteiger partial charge in [-0.3, -0.25) is 14.4 Å². The number of likely N-dealkylation sites (tertiary alicyclic amines) is 1. The highest BCUT2D eigenvalue weighted by molar-refractivity contribution is 6.03. The van der Waals surface area contributed by atoms with E-state index in [0.717, 1.165) is 0 Å². The standard InChI is InChI=1S/C32H35FN2O5/c1-19-24(11-6-12-27(19)33)28-25(29(38)20-7-4-9-22(36)15-20)17-35(31(40)32(2,3)13-14-34)18-26(28)30(39)21-8-5-10-23(37)16-21/h4-12,15-16,25-26,28,36-37H,13-14,17-18,34H2,1-3H3. The SMILES string of the molecule is Cc1c(F)cccc1C1C(C(=O)c2cccc(O)c2)CN(C(=O)C(C)(C)CCN)CC1C(=O)c1cccc(O)c1. The van der Waals surface area contributed by atoms with Gasteiger partial charge in [0.05, 0.1) is 0 Å². The zero-order valence-electron chi connectivity index (χ0n) is 22.9. The number of nitrogens with two attached hydrogens (primary N) is 1. The van der Waals surface area contributed by atoms with Gasteiger partial charge in [-0.05, 0) is 61.3 Å². The molecule has 0 radical (unpaired) electrons. The van der Waals surface area contributed by atoms with Gasteiger partial charge in [0.25, 0.3) is 0 Å². The molecule has 1 heterocycles. The lowest BCUT2D eigenvalue weighted by atomic mass is 9.67. The molecule has 0 saturated carbocycles. The number of carbonyl (C=O) groups is 3. The monoisotopic (exact) mass is 546 g/mol. The van der Waals surface area contributed by atoms with Crippen LogP contribution in [0.3, 0.4) is 0 Å². The van der Waals surface area contributed by atoms with Gasteiger partial charge in [-0.25, -0.2) is 4.39 Å². The molecule has 1 amide bonds. The Morgan fingerprint density at radius 1 is 0.900 bits per heavy atom. The van der Waals surface area contributed by atoms with E-state index >= 15 is 0 Å². The number of piperidine rings is 1. The van der Waals surface area contributed by atoms with Gasteiger partial charge in [0, 0.05) is 47.4 Å². The third-order valence-electron chi connectivity index (χ3n) is 7.94. The fraction of sp³-hybridized carbons (Fsp3) is 0.344. The normalized spacial score (nSPS) is 19.3. The Hall–Kier alpha value is -4.04. The minimum atomic E-state index is -0.917. The summed E-state index contributed by atoms with van der Waals surface area (Å²) in [5, 5.41) is 20.2. The Morgan fingerprint density at radius 3 is 1.88 bits per heavy atom. The van der Waals surface area contributed by atoms with E-state index in [1.807, 2.05) is 0 Å². The Kier molecular flexibility index (Phi) is 8.40. The Balaban J connectivity index is 1.91. The molecular weight excluding hydrogens is 511 g/mol. The summed E-state index contributed by atoms with van der Waals surface area (Å²) in [7, 11) is 0. The molecule has 3 aromatic rings. The molecule has 4 rings (SSSR count). The molecule has 2 unspecified atom stereocenters. The van der Waals surface area contributed by atoms with Crippen LogP contribution in [0.2, 0.25) is 0 Å². The van der Waals surface area contributed by atoms with Gasteiger partial charge in [0.2, 0.25) is 5.91 Å². The van der Waals surface area contributed by atoms with Gasteiger partial charge in [-0.2, -0.15) is 0 Å². The lowest BCUT2D eigenvalue weighted by molar-refractivity contribution is -0.143. The number of Topliss-reactive ketones (excluding diaryl/α,β-unsaturated/α-hetero) is 2. The molecule has 0 aromatic heterocycles. The Morgan fingerprint density at radius 2 is 1.40 bits per heavy atom. The predicted molar refractivity (Wildman–Crippen MR) is 150 cm³/mol. The van der Waals surface area contributed by atoms with E-state index in [2.05, 4.69) is 0 Å². The molecule has 1 aliphatic rings. The number of hydrogen-bond donors (Lipinski definition) is 3. The largest absolute Gasteiger partial charge is 0.508 e. The van der Waals surface area contributed by atoms with Crippen LogP contribution < -0.4 is 5.73 Å². The summed E-state index contributed by atoms with van der Waals surface area (Å²) >= 11 is 0. The van der Waals surface area contributed by atoms with Crippen LogP contribution in [0.15, 0.2) is 66.7 Å². The Labute approximate surface area is 233 Å². The number of phenols is 2. The highest BCUT2D eigenvalue weighted by Gasteiger charge is 2.48. The van der Waals surface area contributed by atoms with Crippen LogP contribution in [0.1, 0.15) is 58.0 Å². The van der Waals surface area contributed by atoms with E-state index in [-0.39, 0.29) is 59.7 Å². The van der Waals surface area contributed by atoms with E-state index in [4.69, 9.17) is 5.73 Å². The van der Waals surface area contributed by atoms with Crippen LogP contribution in [0.4, 0.5) is 4.39 Å². The molecule has 7 nitrogen and oxygen atoms in total. The summed E-state index contributed by atoms with van der Waals surface area (Å²) in [6.07, 6.45) is 0.408. The van der Waals surface area contributed by atoms with Gasteiger partial charge in [0.15, 0.2) is 11.6 Å². The Bertz CT molecular complexity index is 1370. The molecule has 3 aromatic carbocycles. The van der Waals surface area contributed by atoms with Crippen molar-refractivity contribution >= 4 is 17.5 Å². The molecule has 1 saturated heterocycles. The first-order valence-corrected chi connectivity index (χ1v) is 13.4. The van der Waals surface area contributed by atoms with Crippen molar-refractivity contribution in [3.63, 3.8) is 0 Å². The molecule has 1 aliphatic heterocycles. The molecule has 0 bridgehead atoms. The number of benzene rings is 3. The average molecular weight is 547 g/mol. The third kappa shape index (κ3) is 5.77. The summed E-state index contributed by atoms with van der Waals surface area (Å²) in [5.74, 6) is -4.24. The first kappa shape index (κ1) is 29.0. The zero-order valence-corrected chi connectivity index (χ0v) is 22.9. The van der Waals surface area contributed by atoms with Crippen molar-refractivity contribution in [1.82, 2.24) is 4.90 Å². The van der Waals surface area contributed by atoms with Crippen LogP contribution in [-0.2, 0) is 4.79 Å². The maximum absolute atomic E-state index is 14.9. The molecule has 4 N–H and O–H groups in total. The third-order valence-corrected chi connectivity index (χ3v) is 7.94. The number of carbonyl (C=O) groups excluding carboxylic acids is 3. The molecular formula is C32H35FN2O5. The van der Waals surface area contributed by atoms with Crippen molar-refractivity contribution in [2.75, 3.05) is 19.6 Å². The van der Waals surface area contributed by atoms with Crippen molar-refractivity contribution < 1.29 is 29.0 Å². The molecule has 2 atom stereocenters. The maximum atomic E-state index is 14.9. The van der Waals surface area contributed by atoms with Crippen LogP contribution in [0, 0.1) is 30.0 Å². The first-order chi connectivity index (χ1) is 18.9. The topological polar surface area (TPSA) is 121 Å². The van der Waals surface area contributed by atoms with E-state index in [1.165, 1.54) is 35.2 Å². The van der Waals surface area contributed by atoms with Gasteiger partial charge in [0.1, 0.15) is 17.3 Å². The van der Waals surface area contributed by atoms with Gasteiger partial charge >= 0.3 is 0 Å². The summed E-state index contributed by atoms with van der Waals surface area (Å²) in [4.78, 5) is 43.6. The fourth-order valence-electron chi connectivity index (χ4n) is 5.78. The van der Waals surface area contributed by atoms with Gasteiger partial charge < -0.3 is 20.8 Å². The highest BCUT2D eigenvalue weighted by Crippen LogP contribution is 2.43. The molecule has 210 valence electrons. The summed E-state index contributed by atoms with van der Waals surface area (Å²) < 4.78 is 14.9. The van der Waals surface area contributed by atoms with Crippen LogP contribution in [0.25, 0.3) is 0 Å². The molecule has 0 aliphatic carbocycles. The van der Waals surface area contributed by atoms with Crippen molar-refractivity contribution in [3.8, 4) is 11.5 Å². The first-order valence-electron chi connectivity index (χ1n) is 13.4. The van der Waals surface area contributed by atoms with Crippen molar-refractivity contribution in [2.45, 2.75) is 33.1 Å². The number of phenolic OH excluding ortho intramolecular Hbond substituents is 2. The lowest BCUT2D eigenvalue weighted by Crippen LogP contribution is -2.55. The van der Waals surface area contributed by atoms with Crippen LogP contribution in [0.5, 0.6) is 11.5 Å². The predicted octanol–water partition coefficient (Wildman–Crippen LogP) is 4.84. The number of aromatic hydroxyl groups is 2. The van der Waals surface area contributed by atoms with E-state index in [1.54, 1.807) is 57.2 Å². The van der Waals surface area contributed by atoms with Crippen molar-refractivity contribution in [3.05, 3.63) is 94.8 Å². The number of amides is 1. The quantitative estimate of drug-likeness (QED) is 0.348. The highest BCUT2D eigenvalue weighted by atomic mass is 19.1. The van der Waals surface area contributed by atoms with Crippen LogP contribution in [-0.4, -0.2) is 52.2 Å². The fourth-order valence-corrected chi connectivity index (χ4v) is 5.78. The lowest BCUT2D eigenvalue weighted by Gasteiger charge is -2.45. The van der Waals surface area contributed by atoms with Crippen molar-refractivity contribution in [1.29, 1.82) is 0 Å². The minimum Gasteiger partial charge on any atom is -0.508 e. The molecule has 8 heteroatoms. The van der Waals surface area contributed by atoms with Gasteiger partial charge in [-0.15, -0.1) is 0 Å².